The monoisotopic (exact) mass is 464 g/mol. The van der Waals surface area contributed by atoms with E-state index in [1.165, 1.54) is 12.1 Å². The van der Waals surface area contributed by atoms with Crippen molar-refractivity contribution in [1.82, 2.24) is 5.32 Å². The number of benzene rings is 2. The van der Waals surface area contributed by atoms with Crippen LogP contribution in [0.4, 0.5) is 17.1 Å². The molecule has 0 saturated carbocycles. The van der Waals surface area contributed by atoms with E-state index >= 15 is 0 Å². The summed E-state index contributed by atoms with van der Waals surface area (Å²) in [5.74, 6) is -0.883. The molecule has 0 atom stereocenters. The van der Waals surface area contributed by atoms with Gasteiger partial charge in [-0.15, -0.1) is 0 Å². The minimum Gasteiger partial charge on any atom is -0.332 e. The van der Waals surface area contributed by atoms with Gasteiger partial charge in [-0.3, -0.25) is 25.0 Å². The van der Waals surface area contributed by atoms with Crippen LogP contribution in [0.3, 0.4) is 0 Å². The standard InChI is InChI=1S/C18H17BrN4O4S/c1-10(2)16(24)20-11-4-3-5-12(8-11)21-18(28)22-17(25)14-9-13(23(26)27)6-7-15(14)19/h3-10H,1-2H3,(H,20,24)(H2,21,22,25,28). The lowest BCUT2D eigenvalue weighted by Gasteiger charge is -2.12. The van der Waals surface area contributed by atoms with Gasteiger partial charge < -0.3 is 10.6 Å². The number of carbonyl (C=O) groups is 2. The van der Waals surface area contributed by atoms with Gasteiger partial charge in [0.2, 0.25) is 5.91 Å². The van der Waals surface area contributed by atoms with Crippen LogP contribution in [0, 0.1) is 16.0 Å². The summed E-state index contributed by atoms with van der Waals surface area (Å²) in [5.41, 5.74) is 1.02. The van der Waals surface area contributed by atoms with Gasteiger partial charge in [-0.2, -0.15) is 0 Å². The van der Waals surface area contributed by atoms with Crippen molar-refractivity contribution in [2.45, 2.75) is 13.8 Å². The number of amides is 2. The average Bonchev–Trinajstić information content (AvgIpc) is 2.61. The lowest BCUT2D eigenvalue weighted by atomic mass is 10.2. The van der Waals surface area contributed by atoms with Crippen molar-refractivity contribution in [3.8, 4) is 0 Å². The van der Waals surface area contributed by atoms with E-state index in [1.54, 1.807) is 38.1 Å². The van der Waals surface area contributed by atoms with Gasteiger partial charge in [0.05, 0.1) is 10.5 Å². The summed E-state index contributed by atoms with van der Waals surface area (Å²) in [7, 11) is 0. The molecule has 0 aliphatic heterocycles. The third kappa shape index (κ3) is 5.83. The Morgan fingerprint density at radius 1 is 1.11 bits per heavy atom. The summed E-state index contributed by atoms with van der Waals surface area (Å²) in [4.78, 5) is 34.5. The molecule has 28 heavy (non-hydrogen) atoms. The Morgan fingerprint density at radius 2 is 1.75 bits per heavy atom. The van der Waals surface area contributed by atoms with Gasteiger partial charge in [0.15, 0.2) is 5.11 Å². The number of nitro groups is 1. The summed E-state index contributed by atoms with van der Waals surface area (Å²) < 4.78 is 0.400. The number of carbonyl (C=O) groups excluding carboxylic acids is 2. The molecule has 0 heterocycles. The van der Waals surface area contributed by atoms with Crippen LogP contribution in [0.1, 0.15) is 24.2 Å². The normalized spacial score (nSPS) is 10.3. The number of anilines is 2. The second-order valence-corrected chi connectivity index (χ2v) is 7.32. The number of halogens is 1. The molecule has 2 aromatic carbocycles. The smallest absolute Gasteiger partial charge is 0.270 e. The number of hydrogen-bond donors (Lipinski definition) is 3. The molecule has 0 aromatic heterocycles. The maximum atomic E-state index is 12.4. The van der Waals surface area contributed by atoms with E-state index in [0.29, 0.717) is 15.8 Å². The Kier molecular flexibility index (Phi) is 7.18. The summed E-state index contributed by atoms with van der Waals surface area (Å²) in [6.07, 6.45) is 0. The van der Waals surface area contributed by atoms with E-state index in [-0.39, 0.29) is 28.2 Å². The number of non-ortho nitro benzene ring substituents is 1. The van der Waals surface area contributed by atoms with Crippen molar-refractivity contribution in [3.63, 3.8) is 0 Å². The van der Waals surface area contributed by atoms with Gasteiger partial charge in [-0.1, -0.05) is 19.9 Å². The van der Waals surface area contributed by atoms with Crippen molar-refractivity contribution in [2.75, 3.05) is 10.6 Å². The van der Waals surface area contributed by atoms with Crippen LogP contribution >= 0.6 is 28.1 Å². The number of rotatable bonds is 5. The van der Waals surface area contributed by atoms with Crippen molar-refractivity contribution >= 4 is 62.1 Å². The second kappa shape index (κ2) is 9.38. The van der Waals surface area contributed by atoms with E-state index < -0.39 is 10.8 Å². The molecule has 0 aliphatic carbocycles. The minimum absolute atomic E-state index is 0.00995. The van der Waals surface area contributed by atoms with Crippen molar-refractivity contribution in [2.24, 2.45) is 5.92 Å². The van der Waals surface area contributed by atoms with Gasteiger partial charge in [-0.25, -0.2) is 0 Å². The fourth-order valence-electron chi connectivity index (χ4n) is 2.09. The SMILES string of the molecule is CC(C)C(=O)Nc1cccc(NC(=S)NC(=O)c2cc([N+](=O)[O-])ccc2Br)c1. The Morgan fingerprint density at radius 3 is 2.36 bits per heavy atom. The van der Waals surface area contributed by atoms with Crippen LogP contribution in [0.25, 0.3) is 0 Å². The predicted octanol–water partition coefficient (Wildman–Crippen LogP) is 4.08. The Balaban J connectivity index is 2.06. The van der Waals surface area contributed by atoms with E-state index in [4.69, 9.17) is 12.2 Å². The number of hydrogen-bond acceptors (Lipinski definition) is 5. The van der Waals surface area contributed by atoms with Crippen LogP contribution in [0.2, 0.25) is 0 Å². The minimum atomic E-state index is -0.600. The Bertz CT molecular complexity index is 949. The molecule has 10 heteroatoms. The molecule has 0 aliphatic rings. The molecule has 8 nitrogen and oxygen atoms in total. The zero-order valence-electron chi connectivity index (χ0n) is 15.0. The summed E-state index contributed by atoms with van der Waals surface area (Å²) in [6, 6.07) is 10.7. The van der Waals surface area contributed by atoms with E-state index in [1.807, 2.05) is 0 Å². The fourth-order valence-corrected chi connectivity index (χ4v) is 2.73. The highest BCUT2D eigenvalue weighted by atomic mass is 79.9. The summed E-state index contributed by atoms with van der Waals surface area (Å²) >= 11 is 8.33. The molecule has 0 spiro atoms. The van der Waals surface area contributed by atoms with Crippen LogP contribution < -0.4 is 16.0 Å². The Hall–Kier alpha value is -2.85. The first kappa shape index (κ1) is 21.5. The fraction of sp³-hybridized carbons (Fsp3) is 0.167. The maximum Gasteiger partial charge on any atom is 0.270 e. The average molecular weight is 465 g/mol. The molecular weight excluding hydrogens is 448 g/mol. The third-order valence-electron chi connectivity index (χ3n) is 3.54. The molecule has 0 saturated heterocycles. The second-order valence-electron chi connectivity index (χ2n) is 6.05. The van der Waals surface area contributed by atoms with Crippen molar-refractivity contribution in [1.29, 1.82) is 0 Å². The molecule has 2 aromatic rings. The number of nitrogens with zero attached hydrogens (tertiary/aromatic N) is 1. The number of thiocarbonyl (C=S) groups is 1. The topological polar surface area (TPSA) is 113 Å². The van der Waals surface area contributed by atoms with Crippen molar-refractivity contribution < 1.29 is 14.5 Å². The molecule has 0 unspecified atom stereocenters. The maximum absolute atomic E-state index is 12.4. The summed E-state index contributed by atoms with van der Waals surface area (Å²) in [5, 5.41) is 19.0. The van der Waals surface area contributed by atoms with Crippen LogP contribution in [0.5, 0.6) is 0 Å². The van der Waals surface area contributed by atoms with Gasteiger partial charge >= 0.3 is 0 Å². The van der Waals surface area contributed by atoms with Gasteiger partial charge in [0.1, 0.15) is 0 Å². The lowest BCUT2D eigenvalue weighted by Crippen LogP contribution is -2.34. The van der Waals surface area contributed by atoms with Gasteiger partial charge in [0, 0.05) is 33.9 Å². The first-order chi connectivity index (χ1) is 13.2. The molecule has 2 amide bonds. The highest BCUT2D eigenvalue weighted by molar-refractivity contribution is 9.10. The van der Waals surface area contributed by atoms with Gasteiger partial charge in [-0.05, 0) is 52.4 Å². The largest absolute Gasteiger partial charge is 0.332 e. The van der Waals surface area contributed by atoms with E-state index in [9.17, 15) is 19.7 Å². The molecular formula is C18H17BrN4O4S. The molecule has 146 valence electrons. The zero-order chi connectivity index (χ0) is 20.8. The molecule has 2 rings (SSSR count). The Labute approximate surface area is 175 Å². The van der Waals surface area contributed by atoms with Crippen molar-refractivity contribution in [3.05, 3.63) is 62.6 Å². The van der Waals surface area contributed by atoms with Gasteiger partial charge in [0.25, 0.3) is 11.6 Å². The molecule has 0 bridgehead atoms. The van der Waals surface area contributed by atoms with Crippen LogP contribution in [-0.2, 0) is 4.79 Å². The van der Waals surface area contributed by atoms with E-state index in [0.717, 1.165) is 6.07 Å². The highest BCUT2D eigenvalue weighted by Gasteiger charge is 2.16. The molecule has 0 fully saturated rings. The quantitative estimate of drug-likeness (QED) is 0.349. The lowest BCUT2D eigenvalue weighted by molar-refractivity contribution is -0.384. The van der Waals surface area contributed by atoms with Crippen LogP contribution in [-0.4, -0.2) is 21.9 Å². The molecule has 3 N–H and O–H groups in total. The zero-order valence-corrected chi connectivity index (χ0v) is 17.4. The highest BCUT2D eigenvalue weighted by Crippen LogP contribution is 2.22. The molecule has 0 radical (unpaired) electrons. The summed E-state index contributed by atoms with van der Waals surface area (Å²) in [6.45, 7) is 3.57. The van der Waals surface area contributed by atoms with E-state index in [2.05, 4.69) is 31.9 Å². The predicted molar refractivity (Wildman–Crippen MR) is 114 cm³/mol. The third-order valence-corrected chi connectivity index (χ3v) is 4.44. The number of nitro benzene ring substituents is 1. The number of nitrogens with one attached hydrogen (secondary N) is 3. The first-order valence-electron chi connectivity index (χ1n) is 8.14. The van der Waals surface area contributed by atoms with Crippen LogP contribution in [0.15, 0.2) is 46.9 Å². The first-order valence-corrected chi connectivity index (χ1v) is 9.34.